The van der Waals surface area contributed by atoms with Crippen molar-refractivity contribution in [2.24, 2.45) is 0 Å². The summed E-state index contributed by atoms with van der Waals surface area (Å²) in [6, 6.07) is 11.8. The lowest BCUT2D eigenvalue weighted by Crippen LogP contribution is -2.43. The molecule has 0 aliphatic carbocycles. The van der Waals surface area contributed by atoms with E-state index in [1.807, 2.05) is 13.8 Å². The average Bonchev–Trinajstić information content (AvgIpc) is 2.65. The van der Waals surface area contributed by atoms with Gasteiger partial charge in [0.25, 0.3) is 5.56 Å². The molecule has 1 unspecified atom stereocenters. The van der Waals surface area contributed by atoms with Gasteiger partial charge in [-0.05, 0) is 43.7 Å². The molecule has 1 amide bonds. The smallest absolute Gasteiger partial charge is 0.336 e. The van der Waals surface area contributed by atoms with E-state index >= 15 is 0 Å². The maximum atomic E-state index is 13.6. The number of rotatable bonds is 5. The highest BCUT2D eigenvalue weighted by molar-refractivity contribution is 5.82. The summed E-state index contributed by atoms with van der Waals surface area (Å²) in [5.41, 5.74) is -0.769. The Morgan fingerprint density at radius 1 is 1.15 bits per heavy atom. The summed E-state index contributed by atoms with van der Waals surface area (Å²) in [5.74, 6) is -0.894. The lowest BCUT2D eigenvalue weighted by molar-refractivity contribution is -0.122. The summed E-state index contributed by atoms with van der Waals surface area (Å²) in [6.45, 7) is 3.57. The lowest BCUT2D eigenvalue weighted by Gasteiger charge is -2.16. The van der Waals surface area contributed by atoms with Gasteiger partial charge in [-0.3, -0.25) is 14.2 Å². The van der Waals surface area contributed by atoms with E-state index in [1.54, 1.807) is 24.3 Å². The standard InChI is InChI=1S/C20H20FN3O3/c1-3-13(2)22-18(25)12-23-17-10-5-4-9-16(17)19(26)24(20(23)27)15-8-6-7-14(21)11-15/h4-11,13H,3,12H2,1-2H3,(H,22,25). The second kappa shape index (κ2) is 7.57. The minimum atomic E-state index is -0.691. The number of halogens is 1. The van der Waals surface area contributed by atoms with Crippen LogP contribution in [0.25, 0.3) is 16.6 Å². The molecule has 3 rings (SSSR count). The van der Waals surface area contributed by atoms with Crippen LogP contribution < -0.4 is 16.6 Å². The van der Waals surface area contributed by atoms with Crippen LogP contribution in [-0.2, 0) is 11.3 Å². The number of hydrogen-bond donors (Lipinski definition) is 1. The monoisotopic (exact) mass is 369 g/mol. The van der Waals surface area contributed by atoms with Gasteiger partial charge in [-0.2, -0.15) is 0 Å². The molecule has 0 aliphatic heterocycles. The zero-order valence-corrected chi connectivity index (χ0v) is 15.1. The maximum Gasteiger partial charge on any atom is 0.336 e. The minimum Gasteiger partial charge on any atom is -0.352 e. The second-order valence-corrected chi connectivity index (χ2v) is 6.38. The number of para-hydroxylation sites is 1. The van der Waals surface area contributed by atoms with Crippen molar-refractivity contribution in [3.8, 4) is 5.69 Å². The molecule has 2 aromatic carbocycles. The Bertz CT molecular complexity index is 1120. The minimum absolute atomic E-state index is 0.0337. The molecule has 3 aromatic rings. The molecule has 140 valence electrons. The summed E-state index contributed by atoms with van der Waals surface area (Å²) in [6.07, 6.45) is 0.754. The maximum absolute atomic E-state index is 13.6. The van der Waals surface area contributed by atoms with Gasteiger partial charge in [-0.15, -0.1) is 0 Å². The first kappa shape index (κ1) is 18.6. The van der Waals surface area contributed by atoms with Gasteiger partial charge in [-0.1, -0.05) is 25.1 Å². The van der Waals surface area contributed by atoms with Crippen LogP contribution in [0.5, 0.6) is 0 Å². The van der Waals surface area contributed by atoms with Gasteiger partial charge in [0, 0.05) is 6.04 Å². The molecule has 1 atom stereocenters. The molecule has 1 N–H and O–H groups in total. The molecule has 0 spiro atoms. The number of carbonyl (C=O) groups excluding carboxylic acids is 1. The summed E-state index contributed by atoms with van der Waals surface area (Å²) in [5, 5.41) is 3.08. The zero-order valence-electron chi connectivity index (χ0n) is 15.1. The molecule has 6 nitrogen and oxygen atoms in total. The molecule has 0 saturated heterocycles. The van der Waals surface area contributed by atoms with E-state index in [-0.39, 0.29) is 29.6 Å². The summed E-state index contributed by atoms with van der Waals surface area (Å²) in [4.78, 5) is 38.2. The van der Waals surface area contributed by atoms with E-state index in [1.165, 1.54) is 22.8 Å². The van der Waals surface area contributed by atoms with Crippen molar-refractivity contribution in [1.82, 2.24) is 14.5 Å². The predicted molar refractivity (Wildman–Crippen MR) is 102 cm³/mol. The summed E-state index contributed by atoms with van der Waals surface area (Å²) >= 11 is 0. The number of nitrogens with zero attached hydrogens (tertiary/aromatic N) is 2. The van der Waals surface area contributed by atoms with Crippen LogP contribution in [0.3, 0.4) is 0 Å². The van der Waals surface area contributed by atoms with Crippen molar-refractivity contribution in [2.45, 2.75) is 32.9 Å². The second-order valence-electron chi connectivity index (χ2n) is 6.38. The Kier molecular flexibility index (Phi) is 5.21. The first-order chi connectivity index (χ1) is 12.9. The Morgan fingerprint density at radius 2 is 1.89 bits per heavy atom. The van der Waals surface area contributed by atoms with E-state index in [2.05, 4.69) is 5.32 Å². The molecule has 0 fully saturated rings. The molecular formula is C20H20FN3O3. The number of nitrogens with one attached hydrogen (secondary N) is 1. The van der Waals surface area contributed by atoms with Crippen molar-refractivity contribution in [1.29, 1.82) is 0 Å². The van der Waals surface area contributed by atoms with Gasteiger partial charge in [0.15, 0.2) is 0 Å². The molecule has 0 radical (unpaired) electrons. The fourth-order valence-electron chi connectivity index (χ4n) is 2.88. The number of carbonyl (C=O) groups is 1. The first-order valence-corrected chi connectivity index (χ1v) is 8.72. The van der Waals surface area contributed by atoms with E-state index in [9.17, 15) is 18.8 Å². The van der Waals surface area contributed by atoms with Crippen LogP contribution >= 0.6 is 0 Å². The molecule has 1 heterocycles. The fourth-order valence-corrected chi connectivity index (χ4v) is 2.88. The Balaban J connectivity index is 2.22. The van der Waals surface area contributed by atoms with E-state index in [0.717, 1.165) is 17.1 Å². The molecule has 1 aromatic heterocycles. The first-order valence-electron chi connectivity index (χ1n) is 8.72. The highest BCUT2D eigenvalue weighted by atomic mass is 19.1. The number of aromatic nitrogens is 2. The highest BCUT2D eigenvalue weighted by Crippen LogP contribution is 2.11. The van der Waals surface area contributed by atoms with Gasteiger partial charge in [-0.25, -0.2) is 13.8 Å². The van der Waals surface area contributed by atoms with Crippen LogP contribution in [0.15, 0.2) is 58.1 Å². The third-order valence-corrected chi connectivity index (χ3v) is 4.44. The molecule has 7 heteroatoms. The van der Waals surface area contributed by atoms with Crippen LogP contribution in [0.4, 0.5) is 4.39 Å². The van der Waals surface area contributed by atoms with Crippen LogP contribution in [-0.4, -0.2) is 21.1 Å². The fraction of sp³-hybridized carbons (Fsp3) is 0.250. The quantitative estimate of drug-likeness (QED) is 0.749. The Morgan fingerprint density at radius 3 is 2.59 bits per heavy atom. The molecule has 0 bridgehead atoms. The highest BCUT2D eigenvalue weighted by Gasteiger charge is 2.17. The third kappa shape index (κ3) is 3.67. The number of hydrogen-bond acceptors (Lipinski definition) is 3. The topological polar surface area (TPSA) is 73.1 Å². The van der Waals surface area contributed by atoms with E-state index in [4.69, 9.17) is 0 Å². The Labute approximate surface area is 154 Å². The van der Waals surface area contributed by atoms with Gasteiger partial charge < -0.3 is 5.32 Å². The third-order valence-electron chi connectivity index (χ3n) is 4.44. The van der Waals surface area contributed by atoms with E-state index in [0.29, 0.717) is 5.52 Å². The van der Waals surface area contributed by atoms with Gasteiger partial charge >= 0.3 is 5.69 Å². The Hall–Kier alpha value is -3.22. The lowest BCUT2D eigenvalue weighted by atomic mass is 10.2. The predicted octanol–water partition coefficient (Wildman–Crippen LogP) is 2.21. The summed E-state index contributed by atoms with van der Waals surface area (Å²) < 4.78 is 15.8. The molecule has 0 saturated carbocycles. The van der Waals surface area contributed by atoms with Gasteiger partial charge in [0.2, 0.25) is 5.91 Å². The van der Waals surface area contributed by atoms with Crippen molar-refractivity contribution in [2.75, 3.05) is 0 Å². The van der Waals surface area contributed by atoms with Gasteiger partial charge in [0.05, 0.1) is 16.6 Å². The normalized spacial score (nSPS) is 12.1. The van der Waals surface area contributed by atoms with Crippen molar-refractivity contribution >= 4 is 16.8 Å². The number of benzene rings is 2. The van der Waals surface area contributed by atoms with E-state index < -0.39 is 17.1 Å². The largest absolute Gasteiger partial charge is 0.352 e. The SMILES string of the molecule is CCC(C)NC(=O)Cn1c(=O)n(-c2cccc(F)c2)c(=O)c2ccccc21. The summed E-state index contributed by atoms with van der Waals surface area (Å²) in [7, 11) is 0. The number of amides is 1. The van der Waals surface area contributed by atoms with Crippen molar-refractivity contribution < 1.29 is 9.18 Å². The van der Waals surface area contributed by atoms with Crippen molar-refractivity contribution in [3.63, 3.8) is 0 Å². The molecule has 0 aliphatic rings. The van der Waals surface area contributed by atoms with Crippen LogP contribution in [0, 0.1) is 5.82 Å². The van der Waals surface area contributed by atoms with Crippen LogP contribution in [0.2, 0.25) is 0 Å². The van der Waals surface area contributed by atoms with Crippen molar-refractivity contribution in [3.05, 3.63) is 75.2 Å². The van der Waals surface area contributed by atoms with Crippen LogP contribution in [0.1, 0.15) is 20.3 Å². The number of fused-ring (bicyclic) bond motifs is 1. The van der Waals surface area contributed by atoms with Gasteiger partial charge in [0.1, 0.15) is 12.4 Å². The molecular weight excluding hydrogens is 349 g/mol. The average molecular weight is 369 g/mol. The zero-order chi connectivity index (χ0) is 19.6. The molecule has 27 heavy (non-hydrogen) atoms.